The average molecular weight is 295 g/mol. The van der Waals surface area contributed by atoms with Crippen molar-refractivity contribution in [3.05, 3.63) is 38.0 Å². The van der Waals surface area contributed by atoms with Gasteiger partial charge in [-0.1, -0.05) is 6.92 Å². The van der Waals surface area contributed by atoms with E-state index < -0.39 is 0 Å². The molecule has 0 radical (unpaired) electrons. The predicted octanol–water partition coefficient (Wildman–Crippen LogP) is 2.20. The van der Waals surface area contributed by atoms with Gasteiger partial charge in [0.05, 0.1) is 11.6 Å². The first-order chi connectivity index (χ1) is 9.22. The quantitative estimate of drug-likeness (QED) is 0.858. The van der Waals surface area contributed by atoms with E-state index in [0.717, 1.165) is 17.8 Å². The summed E-state index contributed by atoms with van der Waals surface area (Å²) in [7, 11) is 0. The molecule has 0 bridgehead atoms. The van der Waals surface area contributed by atoms with Crippen LogP contribution in [0.15, 0.2) is 17.5 Å². The van der Waals surface area contributed by atoms with Gasteiger partial charge >= 0.3 is 0 Å². The first kappa shape index (κ1) is 14.2. The third-order valence-electron chi connectivity index (χ3n) is 2.63. The topological polar surface area (TPSA) is 68.0 Å². The summed E-state index contributed by atoms with van der Waals surface area (Å²) < 4.78 is 0. The highest BCUT2D eigenvalue weighted by Gasteiger charge is 2.10. The molecule has 0 atom stereocenters. The molecule has 0 spiro atoms. The van der Waals surface area contributed by atoms with Crippen LogP contribution in [0.5, 0.6) is 0 Å². The van der Waals surface area contributed by atoms with E-state index in [1.54, 1.807) is 16.7 Å². The number of hydrogen-bond acceptors (Lipinski definition) is 5. The van der Waals surface area contributed by atoms with Crippen molar-refractivity contribution in [3.8, 4) is 0 Å². The van der Waals surface area contributed by atoms with Crippen molar-refractivity contribution in [2.75, 3.05) is 6.54 Å². The van der Waals surface area contributed by atoms with Crippen molar-refractivity contribution in [3.63, 3.8) is 0 Å². The van der Waals surface area contributed by atoms with Gasteiger partial charge in [0.15, 0.2) is 0 Å². The third kappa shape index (κ3) is 3.86. The smallest absolute Gasteiger partial charge is 0.271 e. The molecule has 2 rings (SSSR count). The minimum Gasteiger partial charge on any atom is -0.346 e. The summed E-state index contributed by atoms with van der Waals surface area (Å²) >= 11 is 3.22. The van der Waals surface area contributed by atoms with E-state index in [4.69, 9.17) is 5.73 Å². The van der Waals surface area contributed by atoms with E-state index in [2.05, 4.69) is 29.4 Å². The van der Waals surface area contributed by atoms with E-state index in [0.29, 0.717) is 18.8 Å². The Bertz CT molecular complexity index is 548. The molecule has 19 heavy (non-hydrogen) atoms. The second-order valence-corrected chi connectivity index (χ2v) is 6.26. The zero-order valence-corrected chi connectivity index (χ0v) is 12.4. The molecule has 0 aromatic carbocycles. The summed E-state index contributed by atoms with van der Waals surface area (Å²) in [5.41, 5.74) is 5.95. The van der Waals surface area contributed by atoms with Crippen molar-refractivity contribution < 1.29 is 4.79 Å². The number of aryl methyl sites for hydroxylation is 1. The highest BCUT2D eigenvalue weighted by molar-refractivity contribution is 7.12. The number of nitrogens with two attached hydrogens (primary N) is 1. The lowest BCUT2D eigenvalue weighted by Crippen LogP contribution is -2.22. The summed E-state index contributed by atoms with van der Waals surface area (Å²) in [5.74, 6) is -0.119. The molecule has 1 amide bonds. The van der Waals surface area contributed by atoms with Crippen molar-refractivity contribution in [2.24, 2.45) is 5.73 Å². The van der Waals surface area contributed by atoms with Crippen molar-refractivity contribution in [1.82, 2.24) is 10.3 Å². The Balaban J connectivity index is 1.89. The van der Waals surface area contributed by atoms with Gasteiger partial charge in [0, 0.05) is 21.6 Å². The van der Waals surface area contributed by atoms with Crippen LogP contribution in [-0.4, -0.2) is 17.4 Å². The Hall–Kier alpha value is -1.24. The number of carbonyl (C=O) groups excluding carboxylic acids is 1. The van der Waals surface area contributed by atoms with Gasteiger partial charge in [0.2, 0.25) is 0 Å². The predicted molar refractivity (Wildman–Crippen MR) is 79.7 cm³/mol. The molecular weight excluding hydrogens is 278 g/mol. The summed E-state index contributed by atoms with van der Waals surface area (Å²) in [6.45, 7) is 3.25. The minimum absolute atomic E-state index is 0.119. The molecule has 0 aliphatic carbocycles. The van der Waals surface area contributed by atoms with Crippen LogP contribution in [0.4, 0.5) is 0 Å². The van der Waals surface area contributed by atoms with Gasteiger partial charge in [-0.3, -0.25) is 4.79 Å². The zero-order valence-electron chi connectivity index (χ0n) is 10.8. The molecule has 0 aliphatic rings. The number of carbonyl (C=O) groups is 1. The van der Waals surface area contributed by atoms with Gasteiger partial charge in [0.1, 0.15) is 5.69 Å². The number of thiophene rings is 1. The highest BCUT2D eigenvalue weighted by Crippen LogP contribution is 2.17. The van der Waals surface area contributed by atoms with Gasteiger partial charge in [0.25, 0.3) is 5.91 Å². The van der Waals surface area contributed by atoms with E-state index in [1.807, 2.05) is 0 Å². The van der Waals surface area contributed by atoms with Gasteiger partial charge in [-0.25, -0.2) is 4.98 Å². The molecule has 3 N–H and O–H groups in total. The number of hydrogen-bond donors (Lipinski definition) is 2. The molecule has 4 nitrogen and oxygen atoms in total. The molecule has 6 heteroatoms. The summed E-state index contributed by atoms with van der Waals surface area (Å²) in [5, 5.41) is 5.59. The summed E-state index contributed by atoms with van der Waals surface area (Å²) in [6, 6.07) is 4.17. The van der Waals surface area contributed by atoms with Gasteiger partial charge in [-0.15, -0.1) is 22.7 Å². The lowest BCUT2D eigenvalue weighted by atomic mass is 10.3. The Morgan fingerprint density at radius 1 is 1.42 bits per heavy atom. The van der Waals surface area contributed by atoms with Gasteiger partial charge < -0.3 is 11.1 Å². The van der Waals surface area contributed by atoms with E-state index in [1.165, 1.54) is 21.1 Å². The Labute approximate surface area is 120 Å². The molecule has 2 aromatic rings. The molecule has 0 fully saturated rings. The number of thiazole rings is 1. The second-order valence-electron chi connectivity index (χ2n) is 4.07. The van der Waals surface area contributed by atoms with Gasteiger partial charge in [-0.2, -0.15) is 0 Å². The molecule has 0 saturated carbocycles. The van der Waals surface area contributed by atoms with Crippen molar-refractivity contribution in [2.45, 2.75) is 26.3 Å². The summed E-state index contributed by atoms with van der Waals surface area (Å²) in [4.78, 5) is 18.7. The first-order valence-corrected chi connectivity index (χ1v) is 7.92. The molecule has 2 aromatic heterocycles. The number of amides is 1. The zero-order chi connectivity index (χ0) is 13.7. The van der Waals surface area contributed by atoms with Crippen LogP contribution in [-0.2, 0) is 19.4 Å². The third-order valence-corrected chi connectivity index (χ3v) is 4.77. The van der Waals surface area contributed by atoms with E-state index >= 15 is 0 Å². The van der Waals surface area contributed by atoms with Crippen molar-refractivity contribution in [1.29, 1.82) is 0 Å². The Morgan fingerprint density at radius 3 is 2.89 bits per heavy atom. The fourth-order valence-electron chi connectivity index (χ4n) is 1.62. The molecule has 2 heterocycles. The Kier molecular flexibility index (Phi) is 5.07. The fraction of sp³-hybridized carbons (Fsp3) is 0.385. The summed E-state index contributed by atoms with van der Waals surface area (Å²) in [6.07, 6.45) is 1.76. The molecular formula is C13H17N3OS2. The normalized spacial score (nSPS) is 10.6. The van der Waals surface area contributed by atoms with Crippen LogP contribution in [0.3, 0.4) is 0 Å². The lowest BCUT2D eigenvalue weighted by Gasteiger charge is -2.00. The maximum atomic E-state index is 11.9. The maximum absolute atomic E-state index is 11.9. The fourth-order valence-corrected chi connectivity index (χ4v) is 3.31. The second kappa shape index (κ2) is 6.79. The molecule has 0 unspecified atom stereocenters. The number of aromatic nitrogens is 1. The van der Waals surface area contributed by atoms with Gasteiger partial charge in [-0.05, 0) is 25.1 Å². The van der Waals surface area contributed by atoms with Crippen LogP contribution in [0.25, 0.3) is 0 Å². The molecule has 102 valence electrons. The number of nitrogens with one attached hydrogen (secondary N) is 1. The van der Waals surface area contributed by atoms with Crippen molar-refractivity contribution >= 4 is 28.6 Å². The number of rotatable bonds is 6. The van der Waals surface area contributed by atoms with Crippen LogP contribution in [0.1, 0.15) is 32.2 Å². The molecule has 0 aliphatic heterocycles. The minimum atomic E-state index is -0.119. The van der Waals surface area contributed by atoms with E-state index in [9.17, 15) is 4.79 Å². The standard InChI is InChI=1S/C13H17N3OS2/c1-2-9-3-4-10(19-9)7-15-13(17)11-8-18-12(16-11)5-6-14/h3-4,8H,2,5-7,14H2,1H3,(H,15,17). The van der Waals surface area contributed by atoms with Crippen LogP contribution in [0, 0.1) is 0 Å². The Morgan fingerprint density at radius 2 is 2.21 bits per heavy atom. The lowest BCUT2D eigenvalue weighted by molar-refractivity contribution is 0.0947. The van der Waals surface area contributed by atoms with Crippen LogP contribution >= 0.6 is 22.7 Å². The van der Waals surface area contributed by atoms with Crippen LogP contribution in [0.2, 0.25) is 0 Å². The maximum Gasteiger partial charge on any atom is 0.271 e. The largest absolute Gasteiger partial charge is 0.346 e. The highest BCUT2D eigenvalue weighted by atomic mass is 32.1. The monoisotopic (exact) mass is 295 g/mol. The van der Waals surface area contributed by atoms with E-state index in [-0.39, 0.29) is 5.91 Å². The average Bonchev–Trinajstić information content (AvgIpc) is 3.05. The SMILES string of the molecule is CCc1ccc(CNC(=O)c2csc(CCN)n2)s1. The molecule has 0 saturated heterocycles. The van der Waals surface area contributed by atoms with Crippen LogP contribution < -0.4 is 11.1 Å². The number of nitrogens with zero attached hydrogens (tertiary/aromatic N) is 1. The first-order valence-electron chi connectivity index (χ1n) is 6.23.